The van der Waals surface area contributed by atoms with Crippen LogP contribution < -0.4 is 4.74 Å². The molecule has 0 atom stereocenters. The Labute approximate surface area is 193 Å². The fourth-order valence-electron chi connectivity index (χ4n) is 2.75. The van der Waals surface area contributed by atoms with Gasteiger partial charge in [-0.25, -0.2) is 9.79 Å². The lowest BCUT2D eigenvalue weighted by Gasteiger charge is -2.08. The molecule has 0 amide bonds. The van der Waals surface area contributed by atoms with Crippen molar-refractivity contribution in [3.63, 3.8) is 0 Å². The van der Waals surface area contributed by atoms with E-state index in [-0.39, 0.29) is 23.7 Å². The van der Waals surface area contributed by atoms with Gasteiger partial charge in [0.05, 0.1) is 23.8 Å². The Balaban J connectivity index is 1.92. The number of nitrogens with zero attached hydrogens (tertiary/aromatic N) is 1. The van der Waals surface area contributed by atoms with Crippen LogP contribution in [0.15, 0.2) is 69.8 Å². The van der Waals surface area contributed by atoms with Gasteiger partial charge in [0.15, 0.2) is 11.5 Å². The summed E-state index contributed by atoms with van der Waals surface area (Å²) in [6.07, 6.45) is 2.50. The van der Waals surface area contributed by atoms with E-state index in [0.29, 0.717) is 33.6 Å². The van der Waals surface area contributed by atoms with Crippen LogP contribution >= 0.6 is 27.7 Å². The molecule has 0 aromatic heterocycles. The maximum Gasteiger partial charge on any atom is 0.344 e. The van der Waals surface area contributed by atoms with Crippen molar-refractivity contribution in [3.05, 3.63) is 70.3 Å². The summed E-state index contributed by atoms with van der Waals surface area (Å²) >= 11 is 4.50. The average Bonchev–Trinajstić information content (AvgIpc) is 3.05. The number of esters is 1. The van der Waals surface area contributed by atoms with Gasteiger partial charge in [0, 0.05) is 5.33 Å². The number of phenols is 1. The third-order valence-corrected chi connectivity index (χ3v) is 5.75. The molecule has 6 nitrogen and oxygen atoms in total. The second-order valence-electron chi connectivity index (χ2n) is 6.43. The van der Waals surface area contributed by atoms with Crippen molar-refractivity contribution in [3.8, 4) is 11.5 Å². The number of carbonyl (C=O) groups excluding carboxylic acids is 1. The maximum atomic E-state index is 12.5. The zero-order chi connectivity index (χ0) is 22.2. The number of phenolic OH excluding ortho intramolecular Hbond substituents is 1. The molecule has 0 saturated carbocycles. The smallest absolute Gasteiger partial charge is 0.344 e. The van der Waals surface area contributed by atoms with Crippen LogP contribution in [0.25, 0.3) is 6.08 Å². The summed E-state index contributed by atoms with van der Waals surface area (Å²) in [7, 11) is 0. The highest BCUT2D eigenvalue weighted by atomic mass is 79.9. The molecule has 3 rings (SSSR count). The van der Waals surface area contributed by atoms with Crippen molar-refractivity contribution in [1.29, 1.82) is 0 Å². The summed E-state index contributed by atoms with van der Waals surface area (Å²) in [4.78, 5) is 17.4. The second kappa shape index (κ2) is 11.1. The molecule has 1 heterocycles. The van der Waals surface area contributed by atoms with Crippen LogP contribution in [0.2, 0.25) is 0 Å². The molecule has 0 aliphatic carbocycles. The highest BCUT2D eigenvalue weighted by Crippen LogP contribution is 2.40. The number of halogens is 1. The molecule has 2 aromatic rings. The lowest BCUT2D eigenvalue weighted by atomic mass is 10.1. The van der Waals surface area contributed by atoms with Gasteiger partial charge in [0.1, 0.15) is 16.4 Å². The SMILES string of the molecule is CCOC(=O)C1=C(O)/C(=C/c2ccc(OCCCBr)c(O)c2)SC1=Nc1ccccc1. The van der Waals surface area contributed by atoms with Gasteiger partial charge >= 0.3 is 5.97 Å². The number of para-hydroxylation sites is 1. The number of ether oxygens (including phenoxy) is 2. The molecule has 0 saturated heterocycles. The molecule has 2 N–H and O–H groups in total. The van der Waals surface area contributed by atoms with Crippen LogP contribution in [-0.4, -0.2) is 39.8 Å². The number of hydrogen-bond acceptors (Lipinski definition) is 7. The van der Waals surface area contributed by atoms with Crippen LogP contribution in [0.5, 0.6) is 11.5 Å². The fourth-order valence-corrected chi connectivity index (χ4v) is 4.01. The predicted octanol–water partition coefficient (Wildman–Crippen LogP) is 5.75. The standard InChI is InChI=1S/C23H22BrNO5S/c1-2-29-23(28)20-21(27)19(31-22(20)25-16-7-4-3-5-8-16)14-15-9-10-18(17(26)13-15)30-12-6-11-24/h3-5,7-10,13-14,26-27H,2,6,11-12H2,1H3/b19-14-,25-22?. The van der Waals surface area contributed by atoms with Crippen molar-refractivity contribution in [2.45, 2.75) is 13.3 Å². The number of thioether (sulfide) groups is 1. The Morgan fingerprint density at radius 2 is 1.97 bits per heavy atom. The molecular weight excluding hydrogens is 482 g/mol. The van der Waals surface area contributed by atoms with E-state index in [1.54, 1.807) is 43.3 Å². The first-order valence-corrected chi connectivity index (χ1v) is 11.6. The topological polar surface area (TPSA) is 88.4 Å². The fraction of sp³-hybridized carbons (Fsp3) is 0.217. The lowest BCUT2D eigenvalue weighted by molar-refractivity contribution is -0.138. The molecule has 0 fully saturated rings. The molecule has 0 radical (unpaired) electrons. The number of alkyl halides is 1. The molecule has 162 valence electrons. The Morgan fingerprint density at radius 3 is 2.65 bits per heavy atom. The highest BCUT2D eigenvalue weighted by Gasteiger charge is 2.33. The van der Waals surface area contributed by atoms with Crippen molar-refractivity contribution in [1.82, 2.24) is 0 Å². The van der Waals surface area contributed by atoms with E-state index < -0.39 is 5.97 Å². The summed E-state index contributed by atoms with van der Waals surface area (Å²) < 4.78 is 10.6. The molecule has 0 unspecified atom stereocenters. The van der Waals surface area contributed by atoms with Gasteiger partial charge in [-0.15, -0.1) is 0 Å². The number of aromatic hydroxyl groups is 1. The number of aliphatic hydroxyl groups excluding tert-OH is 1. The van der Waals surface area contributed by atoms with Crippen molar-refractivity contribution < 1.29 is 24.5 Å². The normalized spacial score (nSPS) is 16.2. The molecule has 31 heavy (non-hydrogen) atoms. The number of hydrogen-bond donors (Lipinski definition) is 2. The molecular formula is C23H22BrNO5S. The minimum atomic E-state index is -0.635. The van der Waals surface area contributed by atoms with Gasteiger partial charge in [0.25, 0.3) is 0 Å². The summed E-state index contributed by atoms with van der Waals surface area (Å²) in [6, 6.07) is 14.1. The van der Waals surface area contributed by atoms with E-state index in [9.17, 15) is 15.0 Å². The van der Waals surface area contributed by atoms with E-state index in [1.807, 2.05) is 18.2 Å². The summed E-state index contributed by atoms with van der Waals surface area (Å²) in [5.41, 5.74) is 1.33. The van der Waals surface area contributed by atoms with Crippen molar-refractivity contribution in [2.75, 3.05) is 18.5 Å². The first kappa shape index (κ1) is 23.0. The van der Waals surface area contributed by atoms with Crippen molar-refractivity contribution in [2.24, 2.45) is 4.99 Å². The quantitative estimate of drug-likeness (QED) is 0.271. The van der Waals surface area contributed by atoms with E-state index in [4.69, 9.17) is 9.47 Å². The zero-order valence-corrected chi connectivity index (χ0v) is 19.3. The largest absolute Gasteiger partial charge is 0.506 e. The lowest BCUT2D eigenvalue weighted by Crippen LogP contribution is -2.12. The van der Waals surface area contributed by atoms with Gasteiger partial charge in [0.2, 0.25) is 0 Å². The number of rotatable bonds is 8. The van der Waals surface area contributed by atoms with Crippen LogP contribution in [0.4, 0.5) is 5.69 Å². The third-order valence-electron chi connectivity index (χ3n) is 4.17. The summed E-state index contributed by atoms with van der Waals surface area (Å²) in [5.74, 6) is -0.445. The van der Waals surface area contributed by atoms with Gasteiger partial charge in [-0.2, -0.15) is 0 Å². The van der Waals surface area contributed by atoms with Gasteiger partial charge in [-0.05, 0) is 49.2 Å². The van der Waals surface area contributed by atoms with E-state index >= 15 is 0 Å². The van der Waals surface area contributed by atoms with Gasteiger partial charge < -0.3 is 19.7 Å². The minimum absolute atomic E-state index is 0.000758. The number of carbonyl (C=O) groups is 1. The van der Waals surface area contributed by atoms with Crippen LogP contribution in [-0.2, 0) is 9.53 Å². The maximum absolute atomic E-state index is 12.5. The van der Waals surface area contributed by atoms with Crippen LogP contribution in [0, 0.1) is 0 Å². The van der Waals surface area contributed by atoms with Crippen molar-refractivity contribution >= 4 is 50.5 Å². The molecule has 0 bridgehead atoms. The van der Waals surface area contributed by atoms with E-state index in [0.717, 1.165) is 11.8 Å². The Hall–Kier alpha value is -2.71. The number of aliphatic imine (C=N–C) groups is 1. The second-order valence-corrected chi connectivity index (χ2v) is 8.25. The first-order chi connectivity index (χ1) is 15.0. The molecule has 0 spiro atoms. The van der Waals surface area contributed by atoms with Crippen LogP contribution in [0.1, 0.15) is 18.9 Å². The zero-order valence-electron chi connectivity index (χ0n) is 16.9. The number of benzene rings is 2. The molecule has 2 aromatic carbocycles. The Morgan fingerprint density at radius 1 is 1.19 bits per heavy atom. The molecule has 1 aliphatic heterocycles. The Bertz CT molecular complexity index is 1030. The monoisotopic (exact) mass is 503 g/mol. The summed E-state index contributed by atoms with van der Waals surface area (Å²) in [5, 5.41) is 22.2. The predicted molar refractivity (Wildman–Crippen MR) is 127 cm³/mol. The summed E-state index contributed by atoms with van der Waals surface area (Å²) in [6.45, 7) is 2.37. The first-order valence-electron chi connectivity index (χ1n) is 9.69. The van der Waals surface area contributed by atoms with E-state index in [2.05, 4.69) is 20.9 Å². The minimum Gasteiger partial charge on any atom is -0.506 e. The highest BCUT2D eigenvalue weighted by molar-refractivity contribution is 9.09. The van der Waals surface area contributed by atoms with Crippen LogP contribution in [0.3, 0.4) is 0 Å². The molecule has 8 heteroatoms. The van der Waals surface area contributed by atoms with Gasteiger partial charge in [-0.1, -0.05) is 52.0 Å². The van der Waals surface area contributed by atoms with Gasteiger partial charge in [-0.3, -0.25) is 0 Å². The third kappa shape index (κ3) is 5.92. The Kier molecular flexibility index (Phi) is 8.20. The number of aliphatic hydroxyl groups is 1. The van der Waals surface area contributed by atoms with E-state index in [1.165, 1.54) is 11.8 Å². The molecule has 1 aliphatic rings. The average molecular weight is 504 g/mol.